The zero-order valence-corrected chi connectivity index (χ0v) is 7.95. The van der Waals surface area contributed by atoms with E-state index in [9.17, 15) is 0 Å². The molecule has 0 radical (unpaired) electrons. The molecule has 0 amide bonds. The first-order valence-electron chi connectivity index (χ1n) is 2.62. The molecule has 2 heteroatoms. The van der Waals surface area contributed by atoms with E-state index in [1.54, 1.807) is 0 Å². The zero-order chi connectivity index (χ0) is 6.08. The quantitative estimate of drug-likeness (QED) is 0.404. The van der Waals surface area contributed by atoms with Gasteiger partial charge in [-0.15, -0.1) is 0 Å². The van der Waals surface area contributed by atoms with Gasteiger partial charge in [0.1, 0.15) is 0 Å². The van der Waals surface area contributed by atoms with Crippen LogP contribution in [0.2, 0.25) is 0 Å². The van der Waals surface area contributed by atoms with Crippen molar-refractivity contribution in [3.63, 3.8) is 0 Å². The highest BCUT2D eigenvalue weighted by molar-refractivity contribution is 6.04. The van der Waals surface area contributed by atoms with Gasteiger partial charge in [0.05, 0.1) is 10.4 Å². The number of hydrogen-bond donors (Lipinski definition) is 0. The molecule has 0 aliphatic heterocycles. The van der Waals surface area contributed by atoms with Crippen molar-refractivity contribution >= 4 is 10.4 Å². The van der Waals surface area contributed by atoms with Gasteiger partial charge in [-0.2, -0.15) is 0 Å². The third-order valence-electron chi connectivity index (χ3n) is 1.34. The summed E-state index contributed by atoms with van der Waals surface area (Å²) >= 11 is 0. The highest BCUT2D eigenvalue weighted by Gasteiger charge is 2.10. The molecule has 7 heavy (non-hydrogen) atoms. The smallest absolute Gasteiger partial charge is 0.0787 e. The summed E-state index contributed by atoms with van der Waals surface area (Å²) in [5.74, 6) is 0. The van der Waals surface area contributed by atoms with E-state index >= 15 is 0 Å². The number of rotatable bonds is 0. The van der Waals surface area contributed by atoms with Gasteiger partial charge in [0.15, 0.2) is 0 Å². The minimum Gasteiger partial charge on any atom is -0.330 e. The Morgan fingerprint density at radius 2 is 1.43 bits per heavy atom. The Bertz CT molecular complexity index is 53.6. The Balaban J connectivity index is 3.54. The lowest BCUT2D eigenvalue weighted by molar-refractivity contribution is 0.306. The molecule has 0 rings (SSSR count). The Morgan fingerprint density at radius 1 is 1.29 bits per heavy atom. The lowest BCUT2D eigenvalue weighted by Gasteiger charge is -2.27. The van der Waals surface area contributed by atoms with Crippen LogP contribution in [0.1, 0.15) is 20.8 Å². The fourth-order valence-corrected chi connectivity index (χ4v) is 0. The van der Waals surface area contributed by atoms with Gasteiger partial charge in [-0.1, -0.05) is 0 Å². The molecule has 0 aromatic rings. The largest absolute Gasteiger partial charge is 0.330 e. The van der Waals surface area contributed by atoms with Crippen molar-refractivity contribution in [1.29, 1.82) is 0 Å². The SMILES string of the molecule is CN([SiH3])C(C)(C)C. The molecule has 0 atom stereocenters. The van der Waals surface area contributed by atoms with Crippen molar-refractivity contribution < 1.29 is 0 Å². The molecule has 0 unspecified atom stereocenters. The molecule has 44 valence electrons. The molecule has 0 aliphatic carbocycles. The van der Waals surface area contributed by atoms with Gasteiger partial charge in [-0.25, -0.2) is 0 Å². The summed E-state index contributed by atoms with van der Waals surface area (Å²) in [7, 11) is 3.31. The van der Waals surface area contributed by atoms with Crippen LogP contribution in [-0.2, 0) is 0 Å². The maximum absolute atomic E-state index is 2.33. The average molecular weight is 117 g/mol. The lowest BCUT2D eigenvalue weighted by Crippen LogP contribution is -2.35. The molecule has 0 heterocycles. The first kappa shape index (κ1) is 7.18. The summed E-state index contributed by atoms with van der Waals surface area (Å²) < 4.78 is 2.33. The van der Waals surface area contributed by atoms with Crippen LogP contribution in [-0.4, -0.2) is 27.6 Å². The van der Waals surface area contributed by atoms with Gasteiger partial charge in [0.25, 0.3) is 0 Å². The molecule has 0 aliphatic rings. The Labute approximate surface area is 49.2 Å². The fraction of sp³-hybridized carbons (Fsp3) is 1.00. The molecular weight excluding hydrogens is 102 g/mol. The monoisotopic (exact) mass is 117 g/mol. The minimum atomic E-state index is 0.395. The first-order chi connectivity index (χ1) is 2.94. The Kier molecular flexibility index (Phi) is 2.02. The van der Waals surface area contributed by atoms with E-state index in [4.69, 9.17) is 0 Å². The summed E-state index contributed by atoms with van der Waals surface area (Å²) in [6.45, 7) is 6.67. The lowest BCUT2D eigenvalue weighted by atomic mass is 10.1. The van der Waals surface area contributed by atoms with E-state index in [1.165, 1.54) is 0 Å². The van der Waals surface area contributed by atoms with E-state index in [1.807, 2.05) is 0 Å². The van der Waals surface area contributed by atoms with Gasteiger partial charge in [-0.05, 0) is 27.8 Å². The van der Waals surface area contributed by atoms with Crippen molar-refractivity contribution in [3.05, 3.63) is 0 Å². The van der Waals surface area contributed by atoms with Crippen LogP contribution >= 0.6 is 0 Å². The highest BCUT2D eigenvalue weighted by atomic mass is 28.2. The van der Waals surface area contributed by atoms with Crippen LogP contribution in [0.3, 0.4) is 0 Å². The molecule has 0 saturated carbocycles. The van der Waals surface area contributed by atoms with Gasteiger partial charge >= 0.3 is 0 Å². The second-order valence-corrected chi connectivity index (χ2v) is 4.41. The second-order valence-electron chi connectivity index (χ2n) is 3.07. The van der Waals surface area contributed by atoms with Crippen molar-refractivity contribution in [2.45, 2.75) is 26.3 Å². The minimum absolute atomic E-state index is 0.395. The molecule has 0 spiro atoms. The molecular formula is C5H15NSi. The van der Waals surface area contributed by atoms with Gasteiger partial charge in [-0.3, -0.25) is 0 Å². The molecule has 0 aromatic heterocycles. The molecule has 0 bridgehead atoms. The summed E-state index contributed by atoms with van der Waals surface area (Å²) in [5, 5.41) is 0. The molecule has 0 fully saturated rings. The normalized spacial score (nSPS) is 13.3. The number of hydrogen-bond acceptors (Lipinski definition) is 1. The molecule has 0 saturated heterocycles. The van der Waals surface area contributed by atoms with Gasteiger partial charge in [0.2, 0.25) is 0 Å². The van der Waals surface area contributed by atoms with Crippen LogP contribution < -0.4 is 0 Å². The molecule has 0 aromatic carbocycles. The second kappa shape index (κ2) is 1.97. The Hall–Kier alpha value is 0.177. The van der Waals surface area contributed by atoms with Gasteiger partial charge in [0, 0.05) is 5.54 Å². The average Bonchev–Trinajstić information content (AvgIpc) is 1.31. The van der Waals surface area contributed by atoms with E-state index in [0.29, 0.717) is 5.54 Å². The molecule has 0 N–H and O–H groups in total. The third-order valence-corrected chi connectivity index (χ3v) is 2.68. The van der Waals surface area contributed by atoms with Crippen LogP contribution in [0.25, 0.3) is 0 Å². The van der Waals surface area contributed by atoms with Crippen LogP contribution in [0.5, 0.6) is 0 Å². The maximum Gasteiger partial charge on any atom is 0.0787 e. The Morgan fingerprint density at radius 3 is 1.43 bits per heavy atom. The van der Waals surface area contributed by atoms with Gasteiger partial charge < -0.3 is 4.57 Å². The first-order valence-corrected chi connectivity index (χ1v) is 3.51. The summed E-state index contributed by atoms with van der Waals surface area (Å²) in [4.78, 5) is 0. The van der Waals surface area contributed by atoms with E-state index < -0.39 is 0 Å². The molecule has 1 nitrogen and oxygen atoms in total. The van der Waals surface area contributed by atoms with Crippen molar-refractivity contribution in [3.8, 4) is 0 Å². The van der Waals surface area contributed by atoms with Crippen LogP contribution in [0.4, 0.5) is 0 Å². The van der Waals surface area contributed by atoms with Crippen molar-refractivity contribution in [1.82, 2.24) is 4.57 Å². The third kappa shape index (κ3) is 2.82. The summed E-state index contributed by atoms with van der Waals surface area (Å²) in [6.07, 6.45) is 0. The van der Waals surface area contributed by atoms with E-state index in [-0.39, 0.29) is 0 Å². The summed E-state index contributed by atoms with van der Waals surface area (Å²) in [6, 6.07) is 0. The van der Waals surface area contributed by atoms with Crippen molar-refractivity contribution in [2.24, 2.45) is 0 Å². The van der Waals surface area contributed by atoms with Crippen molar-refractivity contribution in [2.75, 3.05) is 7.05 Å². The van der Waals surface area contributed by atoms with Crippen LogP contribution in [0, 0.1) is 0 Å². The predicted octanol–water partition coefficient (Wildman–Crippen LogP) is -0.00290. The number of nitrogens with zero attached hydrogens (tertiary/aromatic N) is 1. The van der Waals surface area contributed by atoms with Crippen LogP contribution in [0.15, 0.2) is 0 Å². The fourth-order valence-electron chi connectivity index (χ4n) is 0. The van der Waals surface area contributed by atoms with E-state index in [0.717, 1.165) is 10.4 Å². The topological polar surface area (TPSA) is 3.24 Å². The van der Waals surface area contributed by atoms with E-state index in [2.05, 4.69) is 32.4 Å². The zero-order valence-electron chi connectivity index (χ0n) is 5.95. The predicted molar refractivity (Wildman–Crippen MR) is 37.5 cm³/mol. The highest BCUT2D eigenvalue weighted by Crippen LogP contribution is 2.04. The summed E-state index contributed by atoms with van der Waals surface area (Å²) in [5.41, 5.74) is 0.395. The standard InChI is InChI=1S/C5H15NSi/c1-5(2,3)6(4)7/h1-4,7H3. The maximum atomic E-state index is 2.33.